The lowest BCUT2D eigenvalue weighted by molar-refractivity contribution is -0.763. The molecule has 43 heavy (non-hydrogen) atoms. The zero-order chi connectivity index (χ0) is 29.6. The molecule has 0 unspecified atom stereocenters. The maximum atomic E-state index is 13.6. The summed E-state index contributed by atoms with van der Waals surface area (Å²) in [4.78, 5) is 30.6. The summed E-state index contributed by atoms with van der Waals surface area (Å²) >= 11 is 0. The first-order valence-corrected chi connectivity index (χ1v) is 14.4. The number of benzene rings is 5. The van der Waals surface area contributed by atoms with E-state index in [-0.39, 0.29) is 24.5 Å². The minimum Gasteiger partial charge on any atom is -0.371 e. The van der Waals surface area contributed by atoms with Gasteiger partial charge in [0.15, 0.2) is 0 Å². The fraction of sp³-hybridized carbons (Fsp3) is 0.194. The lowest BCUT2D eigenvalue weighted by atomic mass is 9.85. The largest absolute Gasteiger partial charge is 0.371 e. The third kappa shape index (κ3) is 6.74. The van der Waals surface area contributed by atoms with Crippen molar-refractivity contribution in [1.82, 2.24) is 4.90 Å². The molecule has 1 fully saturated rings. The second-order valence-electron chi connectivity index (χ2n) is 10.9. The van der Waals surface area contributed by atoms with Gasteiger partial charge in [0.25, 0.3) is 11.0 Å². The molecule has 216 valence electrons. The van der Waals surface area contributed by atoms with Gasteiger partial charge in [0.2, 0.25) is 0 Å². The highest BCUT2D eigenvalue weighted by atomic mass is 16.9. The van der Waals surface area contributed by atoms with Gasteiger partial charge < -0.3 is 14.5 Å². The van der Waals surface area contributed by atoms with Gasteiger partial charge in [-0.2, -0.15) is 0 Å². The van der Waals surface area contributed by atoms with Gasteiger partial charge in [-0.1, -0.05) is 103 Å². The number of piperidine rings is 1. The summed E-state index contributed by atoms with van der Waals surface area (Å²) in [6.45, 7) is 1.23. The fourth-order valence-corrected chi connectivity index (χ4v) is 5.87. The minimum absolute atomic E-state index is 0.105. The van der Waals surface area contributed by atoms with E-state index in [1.54, 1.807) is 24.3 Å². The number of carbonyl (C=O) groups is 1. The third-order valence-corrected chi connectivity index (χ3v) is 8.06. The molecule has 5 aromatic carbocycles. The zero-order valence-corrected chi connectivity index (χ0v) is 23.7. The number of hydrogen-bond acceptors (Lipinski definition) is 5. The van der Waals surface area contributed by atoms with Crippen LogP contribution in [0.4, 0.5) is 0 Å². The molecule has 2 atom stereocenters. The fourth-order valence-electron chi connectivity index (χ4n) is 5.87. The van der Waals surface area contributed by atoms with E-state index < -0.39 is 5.09 Å². The number of carbonyl (C=O) groups excluding carboxylic acids is 1. The smallest absolute Gasteiger partial charge is 0.294 e. The van der Waals surface area contributed by atoms with Gasteiger partial charge in [-0.15, -0.1) is 10.1 Å². The summed E-state index contributed by atoms with van der Waals surface area (Å²) in [7, 11) is 0. The summed E-state index contributed by atoms with van der Waals surface area (Å²) in [5.41, 5.74) is 5.63. The van der Waals surface area contributed by atoms with Crippen molar-refractivity contribution in [3.8, 4) is 11.1 Å². The normalized spacial score (nSPS) is 16.6. The van der Waals surface area contributed by atoms with Gasteiger partial charge in [0.1, 0.15) is 6.61 Å². The van der Waals surface area contributed by atoms with Crippen LogP contribution in [-0.2, 0) is 22.8 Å². The highest BCUT2D eigenvalue weighted by molar-refractivity contribution is 5.94. The van der Waals surface area contributed by atoms with E-state index in [0.29, 0.717) is 30.8 Å². The summed E-state index contributed by atoms with van der Waals surface area (Å²) in [5, 5.41) is 12.2. The van der Waals surface area contributed by atoms with Crippen molar-refractivity contribution in [1.29, 1.82) is 0 Å². The molecule has 0 radical (unpaired) electrons. The van der Waals surface area contributed by atoms with Gasteiger partial charge in [0, 0.05) is 24.6 Å². The molecule has 1 aliphatic heterocycles. The Morgan fingerprint density at radius 2 is 1.51 bits per heavy atom. The summed E-state index contributed by atoms with van der Waals surface area (Å²) in [6, 6.07) is 40.4. The van der Waals surface area contributed by atoms with Crippen LogP contribution in [0.1, 0.15) is 39.4 Å². The minimum atomic E-state index is -0.830. The van der Waals surface area contributed by atoms with E-state index in [4.69, 9.17) is 4.74 Å². The number of amides is 1. The van der Waals surface area contributed by atoms with E-state index >= 15 is 0 Å². The number of rotatable bonds is 9. The molecule has 7 heteroatoms. The standard InChI is InChI=1S/C36H32N2O5/c39-36(33-15-6-8-26(21-33)25-43-38(40)41)37-19-18-34(32-14-7-13-31(22-32)28-9-2-1-3-10-28)35(23-37)42-24-27-16-17-29-11-4-5-12-30(29)20-27/h1-17,20-22,34-35H,18-19,23-25H2/t34-,35+/m1/s1. The van der Waals surface area contributed by atoms with Crippen LogP contribution in [0, 0.1) is 10.1 Å². The highest BCUT2D eigenvalue weighted by Gasteiger charge is 2.34. The molecule has 0 aliphatic carbocycles. The highest BCUT2D eigenvalue weighted by Crippen LogP contribution is 2.34. The van der Waals surface area contributed by atoms with Crippen molar-refractivity contribution in [3.05, 3.63) is 154 Å². The molecule has 1 aliphatic rings. The Hall–Kier alpha value is -5.01. The van der Waals surface area contributed by atoms with Gasteiger partial charge in [-0.25, -0.2) is 0 Å². The molecule has 1 saturated heterocycles. The Morgan fingerprint density at radius 1 is 0.767 bits per heavy atom. The van der Waals surface area contributed by atoms with Gasteiger partial charge in [0.05, 0.1) is 12.7 Å². The lowest BCUT2D eigenvalue weighted by Gasteiger charge is -2.39. The van der Waals surface area contributed by atoms with E-state index in [1.807, 2.05) is 35.2 Å². The monoisotopic (exact) mass is 572 g/mol. The van der Waals surface area contributed by atoms with E-state index in [1.165, 1.54) is 10.9 Å². The number of hydrogen-bond donors (Lipinski definition) is 0. The number of likely N-dealkylation sites (tertiary alicyclic amines) is 1. The lowest BCUT2D eigenvalue weighted by Crippen LogP contribution is -2.46. The average molecular weight is 573 g/mol. The molecule has 5 aromatic rings. The Balaban J connectivity index is 1.25. The summed E-state index contributed by atoms with van der Waals surface area (Å²) < 4.78 is 6.65. The Kier molecular flexibility index (Phi) is 8.42. The topological polar surface area (TPSA) is 81.9 Å². The average Bonchev–Trinajstić information content (AvgIpc) is 3.06. The first-order valence-electron chi connectivity index (χ1n) is 14.4. The van der Waals surface area contributed by atoms with Crippen LogP contribution in [-0.4, -0.2) is 35.1 Å². The van der Waals surface area contributed by atoms with Crippen molar-refractivity contribution in [2.75, 3.05) is 13.1 Å². The van der Waals surface area contributed by atoms with Crippen LogP contribution < -0.4 is 0 Å². The molecule has 6 rings (SSSR count). The van der Waals surface area contributed by atoms with E-state index in [9.17, 15) is 14.9 Å². The number of fused-ring (bicyclic) bond motifs is 1. The molecule has 1 heterocycles. The zero-order valence-electron chi connectivity index (χ0n) is 23.7. The van der Waals surface area contributed by atoms with Crippen molar-refractivity contribution in [2.45, 2.75) is 31.7 Å². The molecule has 1 amide bonds. The predicted octanol–water partition coefficient (Wildman–Crippen LogP) is 7.43. The first-order chi connectivity index (χ1) is 21.0. The second-order valence-corrected chi connectivity index (χ2v) is 10.9. The van der Waals surface area contributed by atoms with Crippen LogP contribution in [0.2, 0.25) is 0 Å². The maximum absolute atomic E-state index is 13.6. The molecular formula is C36H32N2O5. The number of nitrogens with zero attached hydrogens (tertiary/aromatic N) is 2. The van der Waals surface area contributed by atoms with Gasteiger partial charge in [-0.3, -0.25) is 4.79 Å². The van der Waals surface area contributed by atoms with Crippen molar-refractivity contribution >= 4 is 16.7 Å². The van der Waals surface area contributed by atoms with Gasteiger partial charge >= 0.3 is 0 Å². The number of ether oxygens (including phenoxy) is 1. The van der Waals surface area contributed by atoms with Crippen LogP contribution in [0.5, 0.6) is 0 Å². The summed E-state index contributed by atoms with van der Waals surface area (Å²) in [5.74, 6) is -0.0215. The maximum Gasteiger partial charge on any atom is 0.294 e. The molecule has 0 N–H and O–H groups in total. The van der Waals surface area contributed by atoms with Gasteiger partial charge in [-0.05, 0) is 63.2 Å². The molecular weight excluding hydrogens is 540 g/mol. The Labute approximate surface area is 250 Å². The molecule has 0 aromatic heterocycles. The van der Waals surface area contributed by atoms with Crippen molar-refractivity contribution in [2.24, 2.45) is 0 Å². The van der Waals surface area contributed by atoms with E-state index in [0.717, 1.165) is 28.5 Å². The van der Waals surface area contributed by atoms with E-state index in [2.05, 4.69) is 71.6 Å². The molecule has 0 spiro atoms. The Morgan fingerprint density at radius 3 is 2.35 bits per heavy atom. The molecule has 0 bridgehead atoms. The van der Waals surface area contributed by atoms with Crippen molar-refractivity contribution in [3.63, 3.8) is 0 Å². The van der Waals surface area contributed by atoms with Crippen molar-refractivity contribution < 1.29 is 19.5 Å². The summed E-state index contributed by atoms with van der Waals surface area (Å²) in [6.07, 6.45) is 0.521. The molecule has 0 saturated carbocycles. The predicted molar refractivity (Wildman–Crippen MR) is 166 cm³/mol. The van der Waals surface area contributed by atoms with Crippen LogP contribution in [0.3, 0.4) is 0 Å². The second kappa shape index (κ2) is 12.9. The quantitative estimate of drug-likeness (QED) is 0.136. The van der Waals surface area contributed by atoms with Crippen LogP contribution in [0.15, 0.2) is 121 Å². The molecule has 7 nitrogen and oxygen atoms in total. The third-order valence-electron chi connectivity index (χ3n) is 8.06. The van der Waals surface area contributed by atoms with Crippen LogP contribution >= 0.6 is 0 Å². The Bertz CT molecular complexity index is 1740. The van der Waals surface area contributed by atoms with Crippen LogP contribution in [0.25, 0.3) is 21.9 Å². The SMILES string of the molecule is O=C(c1cccc(CO[N+](=O)[O-])c1)N1CC[C@H](c2cccc(-c3ccccc3)c2)[C@@H](OCc2ccc3ccccc3c2)C1. The first kappa shape index (κ1) is 28.1.